The zero-order chi connectivity index (χ0) is 13.7. The third-order valence-electron chi connectivity index (χ3n) is 4.14. The summed E-state index contributed by atoms with van der Waals surface area (Å²) in [7, 11) is 0. The SMILES string of the molecule is CC1CCC(N(CCC(=N)N)c2ccccc2)CC1. The number of rotatable bonds is 5. The number of nitrogens with zero attached hydrogens (tertiary/aromatic N) is 1. The molecule has 3 nitrogen and oxygen atoms in total. The lowest BCUT2D eigenvalue weighted by Crippen LogP contribution is -2.39. The van der Waals surface area contributed by atoms with Crippen LogP contribution in [0.2, 0.25) is 0 Å². The molecule has 0 saturated heterocycles. The van der Waals surface area contributed by atoms with Crippen LogP contribution in [0.1, 0.15) is 39.0 Å². The van der Waals surface area contributed by atoms with E-state index in [1.165, 1.54) is 31.4 Å². The van der Waals surface area contributed by atoms with Gasteiger partial charge in [0.05, 0.1) is 5.84 Å². The van der Waals surface area contributed by atoms with E-state index in [1.807, 2.05) is 0 Å². The van der Waals surface area contributed by atoms with Gasteiger partial charge in [0, 0.05) is 24.7 Å². The summed E-state index contributed by atoms with van der Waals surface area (Å²) >= 11 is 0. The molecule has 3 heteroatoms. The van der Waals surface area contributed by atoms with E-state index in [-0.39, 0.29) is 5.84 Å². The van der Waals surface area contributed by atoms with Gasteiger partial charge in [-0.05, 0) is 43.7 Å². The van der Waals surface area contributed by atoms with Gasteiger partial charge in [-0.2, -0.15) is 0 Å². The number of hydrogen-bond acceptors (Lipinski definition) is 2. The van der Waals surface area contributed by atoms with Gasteiger partial charge in [0.15, 0.2) is 0 Å². The van der Waals surface area contributed by atoms with Gasteiger partial charge in [-0.3, -0.25) is 5.41 Å². The van der Waals surface area contributed by atoms with Gasteiger partial charge in [0.2, 0.25) is 0 Å². The van der Waals surface area contributed by atoms with E-state index in [0.717, 1.165) is 12.5 Å². The van der Waals surface area contributed by atoms with Gasteiger partial charge < -0.3 is 10.6 Å². The van der Waals surface area contributed by atoms with Crippen LogP contribution in [0.3, 0.4) is 0 Å². The van der Waals surface area contributed by atoms with Gasteiger partial charge >= 0.3 is 0 Å². The van der Waals surface area contributed by atoms with E-state index < -0.39 is 0 Å². The standard InChI is InChI=1S/C16H25N3/c1-13-7-9-15(10-8-13)19(12-11-16(17)18)14-5-3-2-4-6-14/h2-6,13,15H,7-12H2,1H3,(H3,17,18). The van der Waals surface area contributed by atoms with Crippen molar-refractivity contribution in [3.8, 4) is 0 Å². The minimum Gasteiger partial charge on any atom is -0.388 e. The Kier molecular flexibility index (Phi) is 4.83. The first-order valence-corrected chi connectivity index (χ1v) is 7.31. The van der Waals surface area contributed by atoms with Crippen molar-refractivity contribution < 1.29 is 0 Å². The predicted octanol–water partition coefficient (Wildman–Crippen LogP) is 3.40. The molecule has 1 aromatic rings. The highest BCUT2D eigenvalue weighted by Gasteiger charge is 2.24. The van der Waals surface area contributed by atoms with Gasteiger partial charge in [0.25, 0.3) is 0 Å². The fourth-order valence-corrected chi connectivity index (χ4v) is 2.94. The Morgan fingerprint density at radius 2 is 1.84 bits per heavy atom. The Morgan fingerprint density at radius 1 is 1.21 bits per heavy atom. The van der Waals surface area contributed by atoms with Gasteiger partial charge in [0.1, 0.15) is 0 Å². The first-order chi connectivity index (χ1) is 9.16. The molecule has 0 bridgehead atoms. The van der Waals surface area contributed by atoms with E-state index in [1.54, 1.807) is 0 Å². The summed E-state index contributed by atoms with van der Waals surface area (Å²) in [6.45, 7) is 3.21. The van der Waals surface area contributed by atoms with Crippen molar-refractivity contribution in [3.05, 3.63) is 30.3 Å². The third-order valence-corrected chi connectivity index (χ3v) is 4.14. The van der Waals surface area contributed by atoms with E-state index >= 15 is 0 Å². The Labute approximate surface area is 116 Å². The number of benzene rings is 1. The Hall–Kier alpha value is -1.51. The predicted molar refractivity (Wildman–Crippen MR) is 81.7 cm³/mol. The second-order valence-electron chi connectivity index (χ2n) is 5.72. The summed E-state index contributed by atoms with van der Waals surface area (Å²) in [5.41, 5.74) is 6.79. The summed E-state index contributed by atoms with van der Waals surface area (Å²) in [4.78, 5) is 2.45. The minimum atomic E-state index is 0.283. The van der Waals surface area contributed by atoms with Crippen molar-refractivity contribution in [1.82, 2.24) is 0 Å². The molecule has 0 aromatic heterocycles. The number of amidine groups is 1. The maximum absolute atomic E-state index is 7.45. The molecule has 1 aliphatic rings. The van der Waals surface area contributed by atoms with Crippen molar-refractivity contribution in [3.63, 3.8) is 0 Å². The number of hydrogen-bond donors (Lipinski definition) is 2. The molecule has 19 heavy (non-hydrogen) atoms. The molecule has 0 spiro atoms. The number of nitrogens with one attached hydrogen (secondary N) is 1. The van der Waals surface area contributed by atoms with Crippen molar-refractivity contribution in [2.24, 2.45) is 11.7 Å². The van der Waals surface area contributed by atoms with E-state index in [4.69, 9.17) is 11.1 Å². The largest absolute Gasteiger partial charge is 0.388 e. The van der Waals surface area contributed by atoms with Crippen molar-refractivity contribution in [2.45, 2.75) is 45.1 Å². The van der Waals surface area contributed by atoms with Gasteiger partial charge in [-0.25, -0.2) is 0 Å². The number of para-hydroxylation sites is 1. The van der Waals surface area contributed by atoms with Crippen LogP contribution >= 0.6 is 0 Å². The minimum absolute atomic E-state index is 0.283. The van der Waals surface area contributed by atoms with Crippen LogP contribution in [0.15, 0.2) is 30.3 Å². The van der Waals surface area contributed by atoms with Crippen LogP contribution in [-0.4, -0.2) is 18.4 Å². The molecule has 104 valence electrons. The molecule has 0 radical (unpaired) electrons. The lowest BCUT2D eigenvalue weighted by atomic mass is 9.86. The second-order valence-corrected chi connectivity index (χ2v) is 5.72. The molecule has 1 fully saturated rings. The average Bonchev–Trinajstić information content (AvgIpc) is 2.42. The van der Waals surface area contributed by atoms with Crippen LogP contribution in [0.4, 0.5) is 5.69 Å². The third kappa shape index (κ3) is 3.98. The fourth-order valence-electron chi connectivity index (χ4n) is 2.94. The molecule has 1 aliphatic carbocycles. The molecule has 2 rings (SSSR count). The summed E-state index contributed by atoms with van der Waals surface area (Å²) < 4.78 is 0. The Balaban J connectivity index is 2.07. The van der Waals surface area contributed by atoms with Crippen LogP contribution in [0, 0.1) is 11.3 Å². The molecule has 1 aromatic carbocycles. The van der Waals surface area contributed by atoms with E-state index in [9.17, 15) is 0 Å². The van der Waals surface area contributed by atoms with Crippen molar-refractivity contribution in [2.75, 3.05) is 11.4 Å². The highest BCUT2D eigenvalue weighted by Crippen LogP contribution is 2.30. The molecule has 0 amide bonds. The average molecular weight is 259 g/mol. The lowest BCUT2D eigenvalue weighted by molar-refractivity contribution is 0.335. The summed E-state index contributed by atoms with van der Waals surface area (Å²) in [5.74, 6) is 1.15. The molecule has 1 saturated carbocycles. The van der Waals surface area contributed by atoms with Crippen LogP contribution in [0.25, 0.3) is 0 Å². The quantitative estimate of drug-likeness (QED) is 0.629. The number of nitrogens with two attached hydrogens (primary N) is 1. The summed E-state index contributed by atoms with van der Waals surface area (Å²) in [6.07, 6.45) is 5.80. The smallest absolute Gasteiger partial charge is 0.0923 e. The number of anilines is 1. The maximum Gasteiger partial charge on any atom is 0.0923 e. The summed E-state index contributed by atoms with van der Waals surface area (Å²) in [6, 6.07) is 11.2. The van der Waals surface area contributed by atoms with E-state index in [0.29, 0.717) is 12.5 Å². The normalized spacial score (nSPS) is 23.0. The van der Waals surface area contributed by atoms with Gasteiger partial charge in [-0.1, -0.05) is 25.1 Å². The Morgan fingerprint density at radius 3 is 2.42 bits per heavy atom. The summed E-state index contributed by atoms with van der Waals surface area (Å²) in [5, 5.41) is 7.45. The first kappa shape index (κ1) is 13.9. The zero-order valence-electron chi connectivity index (χ0n) is 11.8. The highest BCUT2D eigenvalue weighted by molar-refractivity contribution is 5.77. The Bertz CT molecular complexity index is 394. The van der Waals surface area contributed by atoms with Crippen molar-refractivity contribution >= 4 is 11.5 Å². The molecule has 0 aliphatic heterocycles. The molecule has 0 atom stereocenters. The molecular formula is C16H25N3. The lowest BCUT2D eigenvalue weighted by Gasteiger charge is -2.38. The highest BCUT2D eigenvalue weighted by atomic mass is 15.2. The monoisotopic (exact) mass is 259 g/mol. The molecular weight excluding hydrogens is 234 g/mol. The zero-order valence-corrected chi connectivity index (χ0v) is 11.8. The fraction of sp³-hybridized carbons (Fsp3) is 0.562. The second kappa shape index (κ2) is 6.60. The van der Waals surface area contributed by atoms with Gasteiger partial charge in [-0.15, -0.1) is 0 Å². The molecule has 3 N–H and O–H groups in total. The topological polar surface area (TPSA) is 53.1 Å². The molecule has 0 heterocycles. The van der Waals surface area contributed by atoms with E-state index in [2.05, 4.69) is 42.2 Å². The maximum atomic E-state index is 7.45. The van der Waals surface area contributed by atoms with Crippen LogP contribution in [-0.2, 0) is 0 Å². The first-order valence-electron chi connectivity index (χ1n) is 7.31. The molecule has 0 unspecified atom stereocenters. The van der Waals surface area contributed by atoms with Crippen LogP contribution < -0.4 is 10.6 Å². The van der Waals surface area contributed by atoms with Crippen LogP contribution in [0.5, 0.6) is 0 Å². The van der Waals surface area contributed by atoms with Crippen molar-refractivity contribution in [1.29, 1.82) is 5.41 Å².